The van der Waals surface area contributed by atoms with Crippen LogP contribution in [0.25, 0.3) is 11.3 Å². The first kappa shape index (κ1) is 16.7. The SMILES string of the molecule is O=S(=O)(CC1CCCCC1)N1CC(n2cc(-c3ccccc3)nn2)C1. The second-order valence-electron chi connectivity index (χ2n) is 7.20. The number of benzene rings is 1. The van der Waals surface area contributed by atoms with E-state index in [1.807, 2.05) is 36.5 Å². The van der Waals surface area contributed by atoms with Gasteiger partial charge in [-0.05, 0) is 18.8 Å². The van der Waals surface area contributed by atoms with Crippen LogP contribution in [0.1, 0.15) is 38.1 Å². The van der Waals surface area contributed by atoms with Crippen molar-refractivity contribution in [2.75, 3.05) is 18.8 Å². The fourth-order valence-corrected chi connectivity index (χ4v) is 5.70. The van der Waals surface area contributed by atoms with Gasteiger partial charge in [0.1, 0.15) is 5.69 Å². The van der Waals surface area contributed by atoms with E-state index in [0.29, 0.717) is 24.8 Å². The number of sulfonamides is 1. The van der Waals surface area contributed by atoms with Gasteiger partial charge in [-0.3, -0.25) is 0 Å². The van der Waals surface area contributed by atoms with Crippen molar-refractivity contribution in [1.82, 2.24) is 19.3 Å². The Morgan fingerprint density at radius 3 is 2.48 bits per heavy atom. The van der Waals surface area contributed by atoms with E-state index in [1.165, 1.54) is 19.3 Å². The van der Waals surface area contributed by atoms with Crippen LogP contribution in [-0.4, -0.2) is 46.6 Å². The third kappa shape index (κ3) is 3.62. The molecule has 1 aliphatic carbocycles. The maximum Gasteiger partial charge on any atom is 0.214 e. The molecule has 2 aromatic rings. The molecule has 2 fully saturated rings. The predicted octanol–water partition coefficient (Wildman–Crippen LogP) is 2.71. The summed E-state index contributed by atoms with van der Waals surface area (Å²) in [5.41, 5.74) is 1.85. The summed E-state index contributed by atoms with van der Waals surface area (Å²) in [7, 11) is -3.14. The highest BCUT2D eigenvalue weighted by Gasteiger charge is 2.38. The maximum atomic E-state index is 12.6. The highest BCUT2D eigenvalue weighted by atomic mass is 32.2. The van der Waals surface area contributed by atoms with Crippen molar-refractivity contribution in [1.29, 1.82) is 0 Å². The van der Waals surface area contributed by atoms with Gasteiger partial charge >= 0.3 is 0 Å². The van der Waals surface area contributed by atoms with Gasteiger partial charge in [0.15, 0.2) is 0 Å². The summed E-state index contributed by atoms with van der Waals surface area (Å²) >= 11 is 0. The van der Waals surface area contributed by atoms with Crippen molar-refractivity contribution in [3.63, 3.8) is 0 Å². The van der Waals surface area contributed by atoms with Gasteiger partial charge in [0.2, 0.25) is 10.0 Å². The quantitative estimate of drug-likeness (QED) is 0.822. The van der Waals surface area contributed by atoms with Gasteiger partial charge in [0.25, 0.3) is 0 Å². The van der Waals surface area contributed by atoms with Gasteiger partial charge in [-0.25, -0.2) is 13.1 Å². The molecule has 0 N–H and O–H groups in total. The average Bonchev–Trinajstić information content (AvgIpc) is 3.04. The van der Waals surface area contributed by atoms with Crippen LogP contribution >= 0.6 is 0 Å². The molecule has 1 saturated carbocycles. The van der Waals surface area contributed by atoms with Crippen molar-refractivity contribution >= 4 is 10.0 Å². The molecule has 4 rings (SSSR count). The molecular formula is C18H24N4O2S. The first-order chi connectivity index (χ1) is 12.1. The Kier molecular flexibility index (Phi) is 4.60. The predicted molar refractivity (Wildman–Crippen MR) is 96.4 cm³/mol. The second-order valence-corrected chi connectivity index (χ2v) is 9.22. The summed E-state index contributed by atoms with van der Waals surface area (Å²) in [6.45, 7) is 1.01. The van der Waals surface area contributed by atoms with Crippen LogP contribution in [0.15, 0.2) is 36.5 Å². The summed E-state index contributed by atoms with van der Waals surface area (Å²) < 4.78 is 28.5. The summed E-state index contributed by atoms with van der Waals surface area (Å²) in [5, 5.41) is 8.41. The largest absolute Gasteiger partial charge is 0.246 e. The number of nitrogens with zero attached hydrogens (tertiary/aromatic N) is 4. The molecule has 0 amide bonds. The normalized spacial score (nSPS) is 20.5. The van der Waals surface area contributed by atoms with Crippen molar-refractivity contribution in [3.05, 3.63) is 36.5 Å². The van der Waals surface area contributed by atoms with Gasteiger partial charge in [-0.2, -0.15) is 4.31 Å². The molecule has 1 aromatic heterocycles. The second kappa shape index (κ2) is 6.88. The van der Waals surface area contributed by atoms with Gasteiger partial charge in [-0.1, -0.05) is 54.8 Å². The molecule has 1 aromatic carbocycles. The molecule has 6 nitrogen and oxygen atoms in total. The van der Waals surface area contributed by atoms with E-state index in [-0.39, 0.29) is 6.04 Å². The van der Waals surface area contributed by atoms with E-state index < -0.39 is 10.0 Å². The number of rotatable bonds is 5. The molecule has 0 bridgehead atoms. The highest BCUT2D eigenvalue weighted by molar-refractivity contribution is 7.89. The topological polar surface area (TPSA) is 68.1 Å². The molecule has 0 atom stereocenters. The van der Waals surface area contributed by atoms with Crippen molar-refractivity contribution < 1.29 is 8.42 Å². The Morgan fingerprint density at radius 2 is 1.76 bits per heavy atom. The molecule has 0 unspecified atom stereocenters. The Bertz CT molecular complexity index is 807. The lowest BCUT2D eigenvalue weighted by Crippen LogP contribution is -2.52. The van der Waals surface area contributed by atoms with Gasteiger partial charge < -0.3 is 0 Å². The van der Waals surface area contributed by atoms with Crippen LogP contribution in [0, 0.1) is 5.92 Å². The van der Waals surface area contributed by atoms with E-state index in [4.69, 9.17) is 0 Å². The minimum atomic E-state index is -3.14. The molecule has 134 valence electrons. The minimum absolute atomic E-state index is 0.0890. The molecule has 1 saturated heterocycles. The van der Waals surface area contributed by atoms with E-state index in [0.717, 1.165) is 24.1 Å². The molecular weight excluding hydrogens is 336 g/mol. The van der Waals surface area contributed by atoms with Gasteiger partial charge in [0, 0.05) is 18.7 Å². The lowest BCUT2D eigenvalue weighted by molar-refractivity contribution is 0.187. The Balaban J connectivity index is 1.36. The van der Waals surface area contributed by atoms with Crippen LogP contribution in [0.4, 0.5) is 0 Å². The zero-order valence-electron chi connectivity index (χ0n) is 14.3. The van der Waals surface area contributed by atoms with Crippen molar-refractivity contribution in [3.8, 4) is 11.3 Å². The summed E-state index contributed by atoms with van der Waals surface area (Å²) in [6, 6.07) is 9.99. The zero-order chi connectivity index (χ0) is 17.3. The molecule has 25 heavy (non-hydrogen) atoms. The lowest BCUT2D eigenvalue weighted by Gasteiger charge is -2.38. The van der Waals surface area contributed by atoms with Crippen LogP contribution in [-0.2, 0) is 10.0 Å². The van der Waals surface area contributed by atoms with Crippen LogP contribution in [0.3, 0.4) is 0 Å². The number of hydrogen-bond acceptors (Lipinski definition) is 4. The molecule has 0 radical (unpaired) electrons. The maximum absolute atomic E-state index is 12.6. The minimum Gasteiger partial charge on any atom is -0.246 e. The third-order valence-corrected chi connectivity index (χ3v) is 7.32. The van der Waals surface area contributed by atoms with E-state index in [2.05, 4.69) is 10.3 Å². The van der Waals surface area contributed by atoms with Crippen LogP contribution < -0.4 is 0 Å². The van der Waals surface area contributed by atoms with Crippen LogP contribution in [0.2, 0.25) is 0 Å². The lowest BCUT2D eigenvalue weighted by atomic mass is 9.91. The van der Waals surface area contributed by atoms with E-state index in [1.54, 1.807) is 8.99 Å². The fraction of sp³-hybridized carbons (Fsp3) is 0.556. The fourth-order valence-electron chi connectivity index (χ4n) is 3.76. The molecule has 0 spiro atoms. The van der Waals surface area contributed by atoms with E-state index in [9.17, 15) is 8.42 Å². The molecule has 2 heterocycles. The van der Waals surface area contributed by atoms with Crippen molar-refractivity contribution in [2.24, 2.45) is 5.92 Å². The number of aromatic nitrogens is 3. The zero-order valence-corrected chi connectivity index (χ0v) is 15.1. The average molecular weight is 360 g/mol. The Labute approximate surface area is 148 Å². The Hall–Kier alpha value is -1.73. The van der Waals surface area contributed by atoms with E-state index >= 15 is 0 Å². The molecule has 1 aliphatic heterocycles. The first-order valence-corrected chi connectivity index (χ1v) is 10.7. The summed E-state index contributed by atoms with van der Waals surface area (Å²) in [6.07, 6.45) is 7.61. The van der Waals surface area contributed by atoms with Crippen LogP contribution in [0.5, 0.6) is 0 Å². The molecule has 7 heteroatoms. The standard InChI is InChI=1S/C18H24N4O2S/c23-25(24,14-15-7-3-1-4-8-15)21-11-17(12-21)22-13-18(19-20-22)16-9-5-2-6-10-16/h2,5-6,9-10,13,15,17H,1,3-4,7-8,11-12,14H2. The first-order valence-electron chi connectivity index (χ1n) is 9.07. The molecule has 2 aliphatic rings. The Morgan fingerprint density at radius 1 is 1.04 bits per heavy atom. The smallest absolute Gasteiger partial charge is 0.214 e. The number of hydrogen-bond donors (Lipinski definition) is 0. The summed E-state index contributed by atoms with van der Waals surface area (Å²) in [4.78, 5) is 0. The van der Waals surface area contributed by atoms with Gasteiger partial charge in [-0.15, -0.1) is 5.10 Å². The highest BCUT2D eigenvalue weighted by Crippen LogP contribution is 2.30. The summed E-state index contributed by atoms with van der Waals surface area (Å²) in [5.74, 6) is 0.653. The van der Waals surface area contributed by atoms with Gasteiger partial charge in [0.05, 0.1) is 18.0 Å². The third-order valence-electron chi connectivity index (χ3n) is 5.35. The van der Waals surface area contributed by atoms with Crippen molar-refractivity contribution in [2.45, 2.75) is 38.1 Å². The monoisotopic (exact) mass is 360 g/mol.